The van der Waals surface area contributed by atoms with Gasteiger partial charge in [-0.1, -0.05) is 0 Å². The second-order valence-electron chi connectivity index (χ2n) is 6.19. The molecule has 144 valence electrons. The molecule has 1 aromatic heterocycles. The number of pyridine rings is 1. The molecule has 3 rings (SSSR count). The maximum atomic E-state index is 13.9. The van der Waals surface area contributed by atoms with Crippen LogP contribution in [0.2, 0.25) is 0 Å². The molecule has 1 aliphatic heterocycles. The van der Waals surface area contributed by atoms with E-state index in [2.05, 4.69) is 20.6 Å². The van der Waals surface area contributed by atoms with Crippen LogP contribution >= 0.6 is 11.8 Å². The second kappa shape index (κ2) is 9.55. The normalized spacial score (nSPS) is 17.2. The molecular weight excluding hydrogens is 368 g/mol. The number of aromatic nitrogens is 1. The summed E-state index contributed by atoms with van der Waals surface area (Å²) in [4.78, 5) is 11.4. The lowest BCUT2D eigenvalue weighted by Gasteiger charge is -2.20. The molecule has 0 radical (unpaired) electrons. The van der Waals surface area contributed by atoms with Crippen LogP contribution < -0.4 is 15.5 Å². The molecule has 1 saturated heterocycles. The number of halogens is 2. The first kappa shape index (κ1) is 19.4. The van der Waals surface area contributed by atoms with Crippen LogP contribution in [0.4, 0.5) is 14.6 Å². The highest BCUT2D eigenvalue weighted by molar-refractivity contribution is 7.99. The molecule has 27 heavy (non-hydrogen) atoms. The van der Waals surface area contributed by atoms with E-state index in [1.54, 1.807) is 43.2 Å². The molecule has 2 aromatic rings. The number of nitrogens with one attached hydrogen (secondary N) is 2. The van der Waals surface area contributed by atoms with E-state index in [4.69, 9.17) is 0 Å². The monoisotopic (exact) mass is 391 g/mol. The first-order chi connectivity index (χ1) is 13.2. The van der Waals surface area contributed by atoms with Crippen molar-refractivity contribution in [3.63, 3.8) is 0 Å². The highest BCUT2D eigenvalue weighted by Crippen LogP contribution is 2.21. The maximum Gasteiger partial charge on any atom is 0.191 e. The van der Waals surface area contributed by atoms with E-state index < -0.39 is 0 Å². The summed E-state index contributed by atoms with van der Waals surface area (Å²) in [6.45, 7) is 2.16. The van der Waals surface area contributed by atoms with Crippen molar-refractivity contribution in [2.75, 3.05) is 37.3 Å². The number of guanidine groups is 1. The van der Waals surface area contributed by atoms with E-state index in [0.717, 1.165) is 36.1 Å². The van der Waals surface area contributed by atoms with Crippen LogP contribution in [0.1, 0.15) is 6.42 Å². The molecule has 2 heterocycles. The summed E-state index contributed by atoms with van der Waals surface area (Å²) in [6.07, 6.45) is 2.50. The lowest BCUT2D eigenvalue weighted by Crippen LogP contribution is -2.45. The molecule has 1 aliphatic rings. The summed E-state index contributed by atoms with van der Waals surface area (Å²) in [7, 11) is 1.73. The Balaban J connectivity index is 1.41. The predicted molar refractivity (Wildman–Crippen MR) is 106 cm³/mol. The van der Waals surface area contributed by atoms with Crippen molar-refractivity contribution in [3.8, 4) is 0 Å². The van der Waals surface area contributed by atoms with Crippen LogP contribution in [-0.4, -0.2) is 49.4 Å². The molecule has 0 spiro atoms. The van der Waals surface area contributed by atoms with Gasteiger partial charge in [0.1, 0.15) is 5.82 Å². The van der Waals surface area contributed by atoms with Crippen molar-refractivity contribution in [2.45, 2.75) is 17.4 Å². The topological polar surface area (TPSA) is 52.6 Å². The minimum Gasteiger partial charge on any atom is -0.356 e. The molecule has 0 bridgehead atoms. The summed E-state index contributed by atoms with van der Waals surface area (Å²) < 4.78 is 26.8. The Morgan fingerprint density at radius 1 is 1.30 bits per heavy atom. The summed E-state index contributed by atoms with van der Waals surface area (Å²) in [5, 5.41) is 6.66. The van der Waals surface area contributed by atoms with Gasteiger partial charge in [0.2, 0.25) is 0 Å². The molecule has 2 N–H and O–H groups in total. The Morgan fingerprint density at radius 3 is 2.85 bits per heavy atom. The number of benzene rings is 1. The number of nitrogens with zero attached hydrogens (tertiary/aromatic N) is 3. The van der Waals surface area contributed by atoms with Gasteiger partial charge in [-0.25, -0.2) is 13.8 Å². The third-order valence-corrected chi connectivity index (χ3v) is 5.28. The van der Waals surface area contributed by atoms with Gasteiger partial charge in [-0.3, -0.25) is 4.99 Å². The zero-order valence-corrected chi connectivity index (χ0v) is 16.0. The van der Waals surface area contributed by atoms with Crippen LogP contribution in [0.15, 0.2) is 52.5 Å². The first-order valence-electron chi connectivity index (χ1n) is 8.86. The Kier molecular flexibility index (Phi) is 6.86. The van der Waals surface area contributed by atoms with Crippen molar-refractivity contribution in [1.82, 2.24) is 15.6 Å². The fourth-order valence-electron chi connectivity index (χ4n) is 2.94. The van der Waals surface area contributed by atoms with Gasteiger partial charge in [0, 0.05) is 49.6 Å². The third-order valence-electron chi connectivity index (χ3n) is 4.27. The molecule has 1 aromatic carbocycles. The van der Waals surface area contributed by atoms with Crippen LogP contribution in [0.25, 0.3) is 0 Å². The van der Waals surface area contributed by atoms with E-state index in [9.17, 15) is 8.78 Å². The molecular formula is C19H23F2N5S. The maximum absolute atomic E-state index is 13.9. The Morgan fingerprint density at radius 2 is 2.11 bits per heavy atom. The zero-order chi connectivity index (χ0) is 19.1. The number of hydrogen-bond acceptors (Lipinski definition) is 4. The Bertz CT molecular complexity index is 769. The Labute approximate surface area is 162 Å². The number of anilines is 1. The van der Waals surface area contributed by atoms with Gasteiger partial charge in [-0.15, -0.1) is 11.8 Å². The van der Waals surface area contributed by atoms with Gasteiger partial charge in [-0.2, -0.15) is 0 Å². The van der Waals surface area contributed by atoms with Gasteiger partial charge in [0.15, 0.2) is 17.6 Å². The summed E-state index contributed by atoms with van der Waals surface area (Å²) in [5.41, 5.74) is 0. The van der Waals surface area contributed by atoms with Gasteiger partial charge in [0.25, 0.3) is 0 Å². The standard InChI is InChI=1S/C19H23F2N5S/c1-22-19(24-10-12-27-16-6-4-14(20)5-7-16)25-15-8-11-26(13-15)18-17(21)3-2-9-23-18/h2-7,9,15H,8,10-13H2,1H3,(H2,22,24,25). The van der Waals surface area contributed by atoms with Crippen LogP contribution in [0.5, 0.6) is 0 Å². The zero-order valence-electron chi connectivity index (χ0n) is 15.2. The minimum absolute atomic E-state index is 0.183. The minimum atomic E-state index is -0.293. The van der Waals surface area contributed by atoms with Crippen LogP contribution in [0, 0.1) is 11.6 Å². The van der Waals surface area contributed by atoms with Crippen LogP contribution in [0.3, 0.4) is 0 Å². The first-order valence-corrected chi connectivity index (χ1v) is 9.85. The number of thioether (sulfide) groups is 1. The molecule has 1 fully saturated rings. The predicted octanol–water partition coefficient (Wildman–Crippen LogP) is 2.90. The number of rotatable bonds is 6. The van der Waals surface area contributed by atoms with Crippen molar-refractivity contribution < 1.29 is 8.78 Å². The van der Waals surface area contributed by atoms with Crippen molar-refractivity contribution in [1.29, 1.82) is 0 Å². The molecule has 8 heteroatoms. The lowest BCUT2D eigenvalue weighted by molar-refractivity contribution is 0.612. The second-order valence-corrected chi connectivity index (χ2v) is 7.35. The summed E-state index contributed by atoms with van der Waals surface area (Å²) in [5.74, 6) is 1.45. The van der Waals surface area contributed by atoms with Crippen molar-refractivity contribution in [3.05, 3.63) is 54.2 Å². The van der Waals surface area contributed by atoms with E-state index in [1.807, 2.05) is 4.90 Å². The molecule has 1 unspecified atom stereocenters. The Hall–Kier alpha value is -2.35. The quantitative estimate of drug-likeness (QED) is 0.343. The van der Waals surface area contributed by atoms with E-state index in [1.165, 1.54) is 18.2 Å². The fourth-order valence-corrected chi connectivity index (χ4v) is 3.71. The van der Waals surface area contributed by atoms with Crippen molar-refractivity contribution in [2.24, 2.45) is 4.99 Å². The summed E-state index contributed by atoms with van der Waals surface area (Å²) >= 11 is 1.65. The smallest absolute Gasteiger partial charge is 0.191 e. The molecule has 0 aliphatic carbocycles. The van der Waals surface area contributed by atoms with Crippen LogP contribution in [-0.2, 0) is 0 Å². The molecule has 1 atom stereocenters. The molecule has 5 nitrogen and oxygen atoms in total. The van der Waals surface area contributed by atoms with E-state index in [0.29, 0.717) is 12.4 Å². The average Bonchev–Trinajstić information content (AvgIpc) is 3.14. The largest absolute Gasteiger partial charge is 0.356 e. The van der Waals surface area contributed by atoms with Crippen molar-refractivity contribution >= 4 is 23.5 Å². The number of aliphatic imine (C=N–C) groups is 1. The van der Waals surface area contributed by atoms with Gasteiger partial charge >= 0.3 is 0 Å². The number of hydrogen-bond donors (Lipinski definition) is 2. The van der Waals surface area contributed by atoms with E-state index in [-0.39, 0.29) is 17.7 Å². The lowest BCUT2D eigenvalue weighted by atomic mass is 10.3. The molecule has 0 amide bonds. The third kappa shape index (κ3) is 5.56. The van der Waals surface area contributed by atoms with Gasteiger partial charge in [-0.05, 0) is 42.8 Å². The highest BCUT2D eigenvalue weighted by Gasteiger charge is 2.25. The van der Waals surface area contributed by atoms with Gasteiger partial charge in [0.05, 0.1) is 0 Å². The fraction of sp³-hybridized carbons (Fsp3) is 0.368. The van der Waals surface area contributed by atoms with E-state index >= 15 is 0 Å². The molecule has 0 saturated carbocycles. The average molecular weight is 391 g/mol. The summed E-state index contributed by atoms with van der Waals surface area (Å²) in [6, 6.07) is 9.69. The SMILES string of the molecule is CN=C(NCCSc1ccc(F)cc1)NC1CCN(c2ncccc2F)C1. The van der Waals surface area contributed by atoms with Gasteiger partial charge < -0.3 is 15.5 Å². The highest BCUT2D eigenvalue weighted by atomic mass is 32.2.